The van der Waals surface area contributed by atoms with Crippen molar-refractivity contribution in [3.63, 3.8) is 0 Å². The number of hydrogen-bond acceptors (Lipinski definition) is 5. The Morgan fingerprint density at radius 3 is 1.44 bits per heavy atom. The summed E-state index contributed by atoms with van der Waals surface area (Å²) >= 11 is 49.2. The topological polar surface area (TPSA) is 104 Å². The van der Waals surface area contributed by atoms with E-state index in [0.29, 0.717) is 50.8 Å². The highest BCUT2D eigenvalue weighted by atomic mass is 80.0. The van der Waals surface area contributed by atoms with Gasteiger partial charge < -0.3 is 4.43 Å². The maximum Gasteiger partial charge on any atom is 0.390 e. The highest BCUT2D eigenvalue weighted by Gasteiger charge is 2.29. The van der Waals surface area contributed by atoms with Crippen molar-refractivity contribution >= 4 is 141 Å². The van der Waals surface area contributed by atoms with E-state index >= 15 is 0 Å². The Morgan fingerprint density at radius 2 is 1.11 bits per heavy atom. The number of nitriles is 4. The van der Waals surface area contributed by atoms with E-state index in [4.69, 9.17) is 104 Å². The Labute approximate surface area is 276 Å². The molecule has 0 aliphatic carbocycles. The second kappa shape index (κ2) is 30.0. The quantitative estimate of drug-likeness (QED) is 0.0793. The van der Waals surface area contributed by atoms with E-state index in [1.807, 2.05) is 25.1 Å². The molecule has 0 aliphatic heterocycles. The Morgan fingerprint density at radius 1 is 0.694 bits per heavy atom. The summed E-state index contributed by atoms with van der Waals surface area (Å²) in [6.45, 7) is -0.152. The van der Waals surface area contributed by atoms with Crippen LogP contribution < -0.4 is 0 Å². The van der Waals surface area contributed by atoms with E-state index in [9.17, 15) is 0 Å². The zero-order valence-corrected chi connectivity index (χ0v) is 32.6. The molecule has 0 radical (unpaired) electrons. The number of unbranched alkanes of at least 4 members (excludes halogenated alkanes) is 3. The molecule has 0 amide bonds. The minimum absolute atomic E-state index is 0.302. The van der Waals surface area contributed by atoms with Gasteiger partial charge >= 0.3 is 12.9 Å². The van der Waals surface area contributed by atoms with Gasteiger partial charge in [0.25, 0.3) is 3.93 Å². The van der Waals surface area contributed by atoms with E-state index in [-0.39, 0.29) is 4.84 Å². The first-order chi connectivity index (χ1) is 16.5. The molecule has 36 heavy (non-hydrogen) atoms. The van der Waals surface area contributed by atoms with Gasteiger partial charge in [-0.1, -0.05) is 45.9 Å². The Balaban J connectivity index is -0.000000190. The lowest BCUT2D eigenvalue weighted by Crippen LogP contribution is -2.23. The molecule has 0 heterocycles. The van der Waals surface area contributed by atoms with Crippen LogP contribution in [-0.2, 0) is 4.43 Å². The molecule has 0 saturated carbocycles. The molecule has 0 bridgehead atoms. The van der Waals surface area contributed by atoms with Crippen molar-refractivity contribution in [2.24, 2.45) is 0 Å². The van der Waals surface area contributed by atoms with Gasteiger partial charge in [0.15, 0.2) is 0 Å². The Bertz CT molecular complexity index is 660. The van der Waals surface area contributed by atoms with Crippen LogP contribution in [-0.4, -0.2) is 28.3 Å². The summed E-state index contributed by atoms with van der Waals surface area (Å²) in [5.74, 6) is 0. The average molecular weight is 889 g/mol. The summed E-state index contributed by atoms with van der Waals surface area (Å²) in [6, 6.07) is 7.75. The summed E-state index contributed by atoms with van der Waals surface area (Å²) in [4.78, 5) is -0.302. The third kappa shape index (κ3) is 56.3. The van der Waals surface area contributed by atoms with Gasteiger partial charge in [-0.3, -0.25) is 0 Å². The van der Waals surface area contributed by atoms with Gasteiger partial charge in [0.2, 0.25) is 0 Å². The third-order valence-corrected chi connectivity index (χ3v) is 14.0. The van der Waals surface area contributed by atoms with Crippen molar-refractivity contribution in [2.45, 2.75) is 81.3 Å². The maximum absolute atomic E-state index is 8.20. The largest absolute Gasteiger partial charge is 0.393 e. The molecule has 0 aliphatic rings. The summed E-state index contributed by atoms with van der Waals surface area (Å²) in [6.07, 6.45) is 5.25. The molecule has 0 aromatic rings. The van der Waals surface area contributed by atoms with Crippen molar-refractivity contribution in [2.75, 3.05) is 6.61 Å². The van der Waals surface area contributed by atoms with Gasteiger partial charge in [0.05, 0.1) is 24.3 Å². The van der Waals surface area contributed by atoms with E-state index in [1.54, 1.807) is 0 Å². The molecule has 5 nitrogen and oxygen atoms in total. The predicted molar refractivity (Wildman–Crippen MR) is 174 cm³/mol. The van der Waals surface area contributed by atoms with Crippen molar-refractivity contribution in [1.82, 2.24) is 0 Å². The monoisotopic (exact) mass is 882 g/mol. The van der Waals surface area contributed by atoms with Crippen LogP contribution in [0, 0.1) is 45.3 Å². The molecule has 0 spiro atoms. The van der Waals surface area contributed by atoms with E-state index in [1.165, 1.54) is 0 Å². The lowest BCUT2D eigenvalue weighted by Gasteiger charge is -2.13. The van der Waals surface area contributed by atoms with Crippen LogP contribution in [0.1, 0.15) is 58.3 Å². The molecule has 18 heteroatoms. The highest BCUT2D eigenvalue weighted by molar-refractivity contribution is 9.72. The SMILES string of the molecule is CCO[Si](Cl)(Cl)CCC#N.N#CCCCC(Cl)Cl.N#CCCC[Si](Br)(Br)Br.N#CCCC[Si](Cl)(Cl)Cl. The van der Waals surface area contributed by atoms with Crippen LogP contribution in [0.3, 0.4) is 0 Å². The van der Waals surface area contributed by atoms with Crippen molar-refractivity contribution < 1.29 is 4.43 Å². The van der Waals surface area contributed by atoms with Crippen molar-refractivity contribution in [3.05, 3.63) is 0 Å². The lowest BCUT2D eigenvalue weighted by atomic mass is 10.3. The van der Waals surface area contributed by atoms with Gasteiger partial charge in [0, 0.05) is 38.3 Å². The molecule has 0 saturated heterocycles. The fourth-order valence-corrected chi connectivity index (χ4v) is 8.94. The molecule has 0 atom stereocenters. The first-order valence-corrected chi connectivity index (χ1v) is 29.7. The van der Waals surface area contributed by atoms with Crippen LogP contribution in [0.2, 0.25) is 18.1 Å². The maximum atomic E-state index is 8.20. The van der Waals surface area contributed by atoms with E-state index in [2.05, 4.69) is 51.9 Å². The average Bonchev–Trinajstić information content (AvgIpc) is 2.72. The normalized spacial score (nSPS) is 10.6. The summed E-state index contributed by atoms with van der Waals surface area (Å²) < 4.78 is 3.64. The second-order valence-corrected chi connectivity index (χ2v) is 46.8. The molecular formula is C18H28Br3Cl7N4OSi3. The molecule has 208 valence electrons. The number of nitrogens with zero attached hydrogens (tertiary/aromatic N) is 4. The van der Waals surface area contributed by atoms with Crippen LogP contribution >= 0.6 is 124 Å². The van der Waals surface area contributed by atoms with Gasteiger partial charge in [-0.15, -0.1) is 78.6 Å². The first-order valence-electron chi connectivity index (χ1n) is 10.4. The van der Waals surface area contributed by atoms with Gasteiger partial charge in [-0.2, -0.15) is 21.0 Å². The smallest absolute Gasteiger partial charge is 0.390 e. The van der Waals surface area contributed by atoms with Crippen LogP contribution in [0.15, 0.2) is 0 Å². The number of hydrogen-bond donors (Lipinski definition) is 0. The Kier molecular flexibility index (Phi) is 37.5. The molecule has 0 aromatic carbocycles. The summed E-state index contributed by atoms with van der Waals surface area (Å²) in [5, 5.41) is 32.5. The highest BCUT2D eigenvalue weighted by Crippen LogP contribution is 2.33. The zero-order valence-electron chi connectivity index (χ0n) is 19.5. The minimum atomic E-state index is -2.50. The fourth-order valence-electron chi connectivity index (χ4n) is 1.56. The third-order valence-electron chi connectivity index (χ3n) is 3.09. The number of halogens is 10. The van der Waals surface area contributed by atoms with Crippen molar-refractivity contribution in [1.29, 1.82) is 21.0 Å². The molecule has 0 rings (SSSR count). The number of rotatable bonds is 13. The molecule has 0 fully saturated rings. The molecule has 0 N–H and O–H groups in total. The zero-order chi connectivity index (χ0) is 29.1. The van der Waals surface area contributed by atoms with Crippen molar-refractivity contribution in [3.8, 4) is 24.3 Å². The van der Waals surface area contributed by atoms with Gasteiger partial charge in [0.1, 0.15) is 4.84 Å². The standard InChI is InChI=1S/C5H9Cl2NOSi.C5H7Cl2N.C4H6Br3NSi.C4H6Cl3NSi/c1-2-9-10(6,7)5-3-4-8;6-5(7)3-1-2-4-8;2*5-9(6,7)4-2-1-3-8/h2-3,5H2,1H3;5H,1-3H2;2*1-2,4H2. The van der Waals surface area contributed by atoms with E-state index in [0.717, 1.165) is 25.3 Å². The lowest BCUT2D eigenvalue weighted by molar-refractivity contribution is 0.348. The minimum Gasteiger partial charge on any atom is -0.393 e. The summed E-state index contributed by atoms with van der Waals surface area (Å²) in [7, 11) is 0. The molecule has 0 aromatic heterocycles. The van der Waals surface area contributed by atoms with E-state index < -0.39 is 16.9 Å². The molecule has 0 unspecified atom stereocenters. The van der Waals surface area contributed by atoms with Gasteiger partial charge in [-0.05, 0) is 44.7 Å². The predicted octanol–water partition coefficient (Wildman–Crippen LogP) is 11.2. The second-order valence-electron chi connectivity index (χ2n) is 6.42. The molecular weight excluding hydrogens is 860 g/mol. The Hall–Kier alpha value is 2.04. The van der Waals surface area contributed by atoms with Crippen LogP contribution in [0.4, 0.5) is 0 Å². The van der Waals surface area contributed by atoms with Crippen LogP contribution in [0.25, 0.3) is 0 Å². The summed E-state index contributed by atoms with van der Waals surface area (Å²) in [5.41, 5.74) is 0. The first kappa shape index (κ1) is 45.0. The van der Waals surface area contributed by atoms with Crippen LogP contribution in [0.5, 0.6) is 0 Å². The fraction of sp³-hybridized carbons (Fsp3) is 0.778. The number of alkyl halides is 2. The van der Waals surface area contributed by atoms with Gasteiger partial charge in [-0.25, -0.2) is 0 Å².